The number of methoxy groups -OCH3 is 1. The van der Waals surface area contributed by atoms with Crippen molar-refractivity contribution >= 4 is 11.1 Å². The molecule has 7 nitrogen and oxygen atoms in total. The van der Waals surface area contributed by atoms with Crippen LogP contribution in [0.25, 0.3) is 45.1 Å². The summed E-state index contributed by atoms with van der Waals surface area (Å²) in [5.41, 5.74) is 4.17. The number of nitrogens with zero attached hydrogens (tertiary/aromatic N) is 4. The van der Waals surface area contributed by atoms with Gasteiger partial charge < -0.3 is 19.0 Å². The Labute approximate surface area is 200 Å². The summed E-state index contributed by atoms with van der Waals surface area (Å²) in [7, 11) is 3.43. The van der Waals surface area contributed by atoms with Crippen LogP contribution in [0.2, 0.25) is 0 Å². The highest BCUT2D eigenvalue weighted by Gasteiger charge is 2.17. The zero-order chi connectivity index (χ0) is 24.4. The molecule has 0 aliphatic heterocycles. The fourth-order valence-electron chi connectivity index (χ4n) is 3.98. The number of aromatic nitrogens is 4. The quantitative estimate of drug-likeness (QED) is 0.319. The van der Waals surface area contributed by atoms with Crippen LogP contribution in [-0.2, 0) is 18.3 Å². The molecule has 0 spiro atoms. The van der Waals surface area contributed by atoms with Gasteiger partial charge in [-0.05, 0) is 53.1 Å². The molecule has 5 rings (SSSR count). The minimum atomic E-state index is -0.468. The number of aryl methyl sites for hydroxylation is 1. The summed E-state index contributed by atoms with van der Waals surface area (Å²) >= 11 is 0. The lowest BCUT2D eigenvalue weighted by atomic mass is 9.97. The first-order chi connectivity index (χ1) is 17.0. The minimum absolute atomic E-state index is 0.104. The molecule has 5 aromatic rings. The van der Waals surface area contributed by atoms with Crippen LogP contribution in [0.3, 0.4) is 0 Å². The zero-order valence-electron chi connectivity index (χ0n) is 19.3. The van der Waals surface area contributed by atoms with Crippen LogP contribution in [0.15, 0.2) is 65.3 Å². The predicted octanol–water partition coefficient (Wildman–Crippen LogP) is 4.97. The molecule has 0 bridgehead atoms. The van der Waals surface area contributed by atoms with Crippen molar-refractivity contribution in [1.29, 1.82) is 0 Å². The van der Waals surface area contributed by atoms with Gasteiger partial charge >= 0.3 is 0 Å². The van der Waals surface area contributed by atoms with E-state index in [0.717, 1.165) is 16.7 Å². The average Bonchev–Trinajstić information content (AvgIpc) is 3.48. The van der Waals surface area contributed by atoms with Crippen molar-refractivity contribution in [3.8, 4) is 34.0 Å². The molecule has 178 valence electrons. The minimum Gasteiger partial charge on any atom is -0.433 e. The van der Waals surface area contributed by atoms with Gasteiger partial charge in [0.25, 0.3) is 0 Å². The van der Waals surface area contributed by atoms with Crippen LogP contribution in [0.5, 0.6) is 0 Å². The van der Waals surface area contributed by atoms with Crippen molar-refractivity contribution in [2.75, 3.05) is 20.3 Å². The van der Waals surface area contributed by atoms with Gasteiger partial charge in [0.1, 0.15) is 17.7 Å². The summed E-state index contributed by atoms with van der Waals surface area (Å²) in [6.45, 7) is 1.72. The number of benzene rings is 3. The predicted molar refractivity (Wildman–Crippen MR) is 128 cm³/mol. The van der Waals surface area contributed by atoms with Gasteiger partial charge in [0, 0.05) is 38.4 Å². The van der Waals surface area contributed by atoms with E-state index in [0.29, 0.717) is 48.1 Å². The van der Waals surface area contributed by atoms with E-state index in [1.54, 1.807) is 37.2 Å². The van der Waals surface area contributed by atoms with Gasteiger partial charge in [-0.15, -0.1) is 10.2 Å². The van der Waals surface area contributed by atoms with Crippen LogP contribution >= 0.6 is 0 Å². The van der Waals surface area contributed by atoms with Gasteiger partial charge in [0.2, 0.25) is 5.89 Å². The van der Waals surface area contributed by atoms with Gasteiger partial charge in [0.05, 0.1) is 6.61 Å². The fourth-order valence-corrected chi connectivity index (χ4v) is 3.98. The van der Waals surface area contributed by atoms with Crippen molar-refractivity contribution in [3.05, 3.63) is 78.1 Å². The molecule has 3 aromatic carbocycles. The molecule has 0 atom stereocenters. The van der Waals surface area contributed by atoms with E-state index in [1.165, 1.54) is 18.2 Å². The van der Waals surface area contributed by atoms with Gasteiger partial charge in [-0.2, -0.15) is 0 Å². The number of ether oxygens (including phenoxy) is 1. The number of hydrogen-bond donors (Lipinski definition) is 1. The lowest BCUT2D eigenvalue weighted by Crippen LogP contribution is -2.18. The van der Waals surface area contributed by atoms with E-state index in [1.807, 2.05) is 24.3 Å². The highest BCUT2D eigenvalue weighted by Crippen LogP contribution is 2.34. The molecule has 0 aliphatic rings. The number of oxazole rings is 1. The maximum absolute atomic E-state index is 14.7. The van der Waals surface area contributed by atoms with Gasteiger partial charge in [-0.3, -0.25) is 0 Å². The molecule has 2 heterocycles. The van der Waals surface area contributed by atoms with Crippen molar-refractivity contribution in [3.63, 3.8) is 0 Å². The lowest BCUT2D eigenvalue weighted by Gasteiger charge is -2.10. The van der Waals surface area contributed by atoms with E-state index in [2.05, 4.69) is 20.5 Å². The molecule has 0 aliphatic carbocycles. The Morgan fingerprint density at radius 2 is 1.89 bits per heavy atom. The zero-order valence-corrected chi connectivity index (χ0v) is 19.3. The molecule has 0 unspecified atom stereocenters. The number of halogens is 2. The Morgan fingerprint density at radius 3 is 2.69 bits per heavy atom. The number of nitrogens with one attached hydrogen (secondary N) is 1. The van der Waals surface area contributed by atoms with Gasteiger partial charge in [-0.1, -0.05) is 18.2 Å². The summed E-state index contributed by atoms with van der Waals surface area (Å²) in [6, 6.07) is 15.3. The third-order valence-corrected chi connectivity index (χ3v) is 5.67. The topological polar surface area (TPSA) is 78.0 Å². The largest absolute Gasteiger partial charge is 0.433 e. The van der Waals surface area contributed by atoms with Crippen LogP contribution in [0.1, 0.15) is 5.56 Å². The second-order valence-corrected chi connectivity index (χ2v) is 8.15. The molecule has 9 heteroatoms. The van der Waals surface area contributed by atoms with E-state index in [4.69, 9.17) is 9.15 Å². The maximum Gasteiger partial charge on any atom is 0.227 e. The van der Waals surface area contributed by atoms with E-state index in [-0.39, 0.29) is 11.4 Å². The van der Waals surface area contributed by atoms with E-state index in [9.17, 15) is 8.78 Å². The monoisotopic (exact) mass is 475 g/mol. The molecule has 0 amide bonds. The first-order valence-corrected chi connectivity index (χ1v) is 11.1. The van der Waals surface area contributed by atoms with E-state index < -0.39 is 5.82 Å². The molecular formula is C26H23F2N5O2. The van der Waals surface area contributed by atoms with Crippen molar-refractivity contribution in [2.24, 2.45) is 7.05 Å². The highest BCUT2D eigenvalue weighted by atomic mass is 19.1. The SMILES string of the molecule is COCCNCc1cc(F)c2oc(-c3cccc(-c4ccc(F)cc4-c4nncn4C)c3)nc2c1. The second kappa shape index (κ2) is 9.73. The normalized spacial score (nSPS) is 11.4. The molecule has 0 fully saturated rings. The Kier molecular flexibility index (Phi) is 6.35. The third-order valence-electron chi connectivity index (χ3n) is 5.67. The van der Waals surface area contributed by atoms with Gasteiger partial charge in [0.15, 0.2) is 17.2 Å². The molecule has 0 saturated heterocycles. The Balaban J connectivity index is 1.51. The average molecular weight is 475 g/mol. The molecule has 0 radical (unpaired) electrons. The lowest BCUT2D eigenvalue weighted by molar-refractivity contribution is 0.199. The standard InChI is InChI=1S/C26H23F2N5O2/c1-33-15-30-32-25(33)21-13-19(27)6-7-20(21)17-4-3-5-18(12-17)26-31-23-11-16(14-29-8-9-34-2)10-22(28)24(23)35-26/h3-7,10-13,15,29H,8-9,14H2,1-2H3. The van der Waals surface area contributed by atoms with Crippen molar-refractivity contribution in [1.82, 2.24) is 25.1 Å². The third kappa shape index (κ3) is 4.68. The highest BCUT2D eigenvalue weighted by molar-refractivity contribution is 5.83. The van der Waals surface area contributed by atoms with Crippen LogP contribution < -0.4 is 5.32 Å². The van der Waals surface area contributed by atoms with Crippen molar-refractivity contribution < 1.29 is 17.9 Å². The fraction of sp³-hybridized carbons (Fsp3) is 0.192. The molecule has 0 saturated carbocycles. The molecule has 1 N–H and O–H groups in total. The van der Waals surface area contributed by atoms with Crippen LogP contribution in [0, 0.1) is 11.6 Å². The van der Waals surface area contributed by atoms with E-state index >= 15 is 0 Å². The molecule has 35 heavy (non-hydrogen) atoms. The molecular weight excluding hydrogens is 452 g/mol. The number of rotatable bonds is 8. The molecule has 2 aromatic heterocycles. The number of hydrogen-bond acceptors (Lipinski definition) is 6. The Morgan fingerprint density at radius 1 is 1.03 bits per heavy atom. The van der Waals surface area contributed by atoms with Crippen LogP contribution in [0.4, 0.5) is 8.78 Å². The first-order valence-electron chi connectivity index (χ1n) is 11.1. The Bertz CT molecular complexity index is 1490. The summed E-state index contributed by atoms with van der Waals surface area (Å²) in [5, 5.41) is 11.2. The smallest absolute Gasteiger partial charge is 0.227 e. The second-order valence-electron chi connectivity index (χ2n) is 8.15. The summed E-state index contributed by atoms with van der Waals surface area (Å²) in [5.74, 6) is 0.00179. The maximum atomic E-state index is 14.7. The summed E-state index contributed by atoms with van der Waals surface area (Å²) < 4.78 is 41.4. The van der Waals surface area contributed by atoms with Crippen molar-refractivity contribution in [2.45, 2.75) is 6.54 Å². The first kappa shape index (κ1) is 22.8. The van der Waals surface area contributed by atoms with Crippen LogP contribution in [-0.4, -0.2) is 40.0 Å². The summed E-state index contributed by atoms with van der Waals surface area (Å²) in [6.07, 6.45) is 1.56. The summed E-state index contributed by atoms with van der Waals surface area (Å²) in [4.78, 5) is 4.54. The van der Waals surface area contributed by atoms with Gasteiger partial charge in [-0.25, -0.2) is 13.8 Å². The Hall–Kier alpha value is -3.95. The number of fused-ring (bicyclic) bond motifs is 1.